The number of carbonyl (C=O) groups is 1. The van der Waals surface area contributed by atoms with E-state index in [0.717, 1.165) is 17.0 Å². The lowest BCUT2D eigenvalue weighted by Crippen LogP contribution is -2.36. The van der Waals surface area contributed by atoms with Crippen molar-refractivity contribution in [3.8, 4) is 0 Å². The molecule has 156 valence electrons. The molecule has 0 bridgehead atoms. The van der Waals surface area contributed by atoms with E-state index in [1.807, 2.05) is 37.3 Å². The van der Waals surface area contributed by atoms with Crippen LogP contribution in [0.3, 0.4) is 0 Å². The fourth-order valence-corrected chi connectivity index (χ4v) is 4.49. The van der Waals surface area contributed by atoms with Crippen molar-refractivity contribution in [2.24, 2.45) is 11.7 Å². The summed E-state index contributed by atoms with van der Waals surface area (Å²) in [7, 11) is 0. The molecule has 0 spiro atoms. The zero-order valence-electron chi connectivity index (χ0n) is 16.3. The number of thiazole rings is 1. The Kier molecular flexibility index (Phi) is 11.1. The Morgan fingerprint density at radius 3 is 2.57 bits per heavy atom. The minimum Gasteiger partial charge on any atom is -0.355 e. The molecule has 4 nitrogen and oxygen atoms in total. The summed E-state index contributed by atoms with van der Waals surface area (Å²) in [4.78, 5) is 17.2. The molecule has 1 amide bonds. The number of nitrogens with zero attached hydrogens (tertiary/aromatic N) is 1. The number of halogens is 2. The van der Waals surface area contributed by atoms with Crippen molar-refractivity contribution in [1.82, 2.24) is 10.3 Å². The summed E-state index contributed by atoms with van der Waals surface area (Å²) in [6.45, 7) is 2.50. The second-order valence-corrected chi connectivity index (χ2v) is 8.21. The normalized spacial score (nSPS) is 16.4. The van der Waals surface area contributed by atoms with Crippen LogP contribution in [0.4, 0.5) is 0 Å². The highest BCUT2D eigenvalue weighted by molar-refractivity contribution is 7.09. The maximum atomic E-state index is 12.4. The van der Waals surface area contributed by atoms with Crippen molar-refractivity contribution in [2.75, 3.05) is 6.54 Å². The summed E-state index contributed by atoms with van der Waals surface area (Å²) in [5, 5.41) is 6.34. The molecule has 2 unspecified atom stereocenters. The fraction of sp³-hybridized carbons (Fsp3) is 0.524. The summed E-state index contributed by atoms with van der Waals surface area (Å²) in [6, 6.07) is 9.51. The first kappa shape index (κ1) is 24.9. The third kappa shape index (κ3) is 6.73. The van der Waals surface area contributed by atoms with Gasteiger partial charge in [-0.05, 0) is 18.4 Å². The Labute approximate surface area is 184 Å². The van der Waals surface area contributed by atoms with E-state index in [9.17, 15) is 4.79 Å². The third-order valence-corrected chi connectivity index (χ3v) is 6.29. The molecular formula is C21H31Cl2N3OS. The van der Waals surface area contributed by atoms with Gasteiger partial charge in [0.05, 0.1) is 16.6 Å². The largest absolute Gasteiger partial charge is 0.355 e. The zero-order chi connectivity index (χ0) is 18.4. The minimum absolute atomic E-state index is 0. The fourth-order valence-electron chi connectivity index (χ4n) is 3.61. The Morgan fingerprint density at radius 1 is 1.21 bits per heavy atom. The van der Waals surface area contributed by atoms with Crippen LogP contribution in [0.1, 0.15) is 67.3 Å². The first-order valence-corrected chi connectivity index (χ1v) is 10.6. The van der Waals surface area contributed by atoms with Gasteiger partial charge in [0.1, 0.15) is 0 Å². The van der Waals surface area contributed by atoms with E-state index in [0.29, 0.717) is 12.5 Å². The predicted octanol–water partition coefficient (Wildman–Crippen LogP) is 5.03. The highest BCUT2D eigenvalue weighted by Crippen LogP contribution is 2.33. The number of nitrogens with one attached hydrogen (secondary N) is 1. The number of hydrogen-bond acceptors (Lipinski definition) is 4. The highest BCUT2D eigenvalue weighted by Gasteiger charge is 2.22. The maximum Gasteiger partial charge on any atom is 0.224 e. The molecule has 1 heterocycles. The van der Waals surface area contributed by atoms with Crippen molar-refractivity contribution in [3.05, 3.63) is 52.0 Å². The van der Waals surface area contributed by atoms with Crippen molar-refractivity contribution < 1.29 is 4.79 Å². The van der Waals surface area contributed by atoms with Gasteiger partial charge in [-0.25, -0.2) is 4.98 Å². The standard InChI is InChI=1S/C21H29N3OS.2ClH/c1-15(20(22)17-10-6-3-7-11-17)21(25)23-13-12-19-24-18(14-26-19)16-8-4-2-5-9-16;;/h3,6-7,10-11,14-16,20H,2,4-5,8-9,12-13,22H2,1H3,(H,23,25);2*1H. The number of hydrogen-bond donors (Lipinski definition) is 2. The molecule has 0 saturated heterocycles. The Morgan fingerprint density at radius 2 is 1.89 bits per heavy atom. The molecule has 2 aromatic rings. The second-order valence-electron chi connectivity index (χ2n) is 7.27. The van der Waals surface area contributed by atoms with Gasteiger partial charge in [-0.15, -0.1) is 36.2 Å². The average Bonchev–Trinajstić information content (AvgIpc) is 3.17. The Bertz CT molecular complexity index is 705. The molecule has 1 saturated carbocycles. The van der Waals surface area contributed by atoms with Gasteiger partial charge in [0, 0.05) is 30.3 Å². The summed E-state index contributed by atoms with van der Waals surface area (Å²) in [5.41, 5.74) is 8.49. The van der Waals surface area contributed by atoms with Gasteiger partial charge in [0.2, 0.25) is 5.91 Å². The number of amides is 1. The molecule has 1 aliphatic rings. The SMILES string of the molecule is CC(C(=O)NCCc1nc(C2CCCCC2)cs1)C(N)c1ccccc1.Cl.Cl. The van der Waals surface area contributed by atoms with Crippen molar-refractivity contribution in [2.45, 2.75) is 57.4 Å². The van der Waals surface area contributed by atoms with Gasteiger partial charge < -0.3 is 11.1 Å². The number of aromatic nitrogens is 1. The molecule has 1 aromatic heterocycles. The van der Waals surface area contributed by atoms with Crippen LogP contribution < -0.4 is 11.1 Å². The molecular weight excluding hydrogens is 413 g/mol. The van der Waals surface area contributed by atoms with Crippen LogP contribution in [0.5, 0.6) is 0 Å². The van der Waals surface area contributed by atoms with Gasteiger partial charge in [-0.1, -0.05) is 56.5 Å². The molecule has 2 atom stereocenters. The molecule has 7 heteroatoms. The molecule has 3 N–H and O–H groups in total. The summed E-state index contributed by atoms with van der Waals surface area (Å²) >= 11 is 1.72. The smallest absolute Gasteiger partial charge is 0.224 e. The van der Waals surface area contributed by atoms with E-state index < -0.39 is 0 Å². The zero-order valence-corrected chi connectivity index (χ0v) is 18.8. The van der Waals surface area contributed by atoms with E-state index >= 15 is 0 Å². The van der Waals surface area contributed by atoms with E-state index in [1.165, 1.54) is 37.8 Å². The van der Waals surface area contributed by atoms with E-state index in [4.69, 9.17) is 10.7 Å². The topological polar surface area (TPSA) is 68.0 Å². The van der Waals surface area contributed by atoms with Gasteiger partial charge in [-0.3, -0.25) is 4.79 Å². The van der Waals surface area contributed by atoms with E-state index in [2.05, 4.69) is 10.7 Å². The van der Waals surface area contributed by atoms with Crippen LogP contribution in [0, 0.1) is 5.92 Å². The van der Waals surface area contributed by atoms with Crippen molar-refractivity contribution in [1.29, 1.82) is 0 Å². The number of benzene rings is 1. The lowest BCUT2D eigenvalue weighted by molar-refractivity contribution is -0.125. The van der Waals surface area contributed by atoms with Crippen molar-refractivity contribution in [3.63, 3.8) is 0 Å². The first-order valence-electron chi connectivity index (χ1n) is 9.67. The Balaban J connectivity index is 0.00000196. The van der Waals surface area contributed by atoms with Gasteiger partial charge in [0.15, 0.2) is 0 Å². The van der Waals surface area contributed by atoms with Crippen LogP contribution in [-0.2, 0) is 11.2 Å². The van der Waals surface area contributed by atoms with Crippen LogP contribution in [-0.4, -0.2) is 17.4 Å². The number of nitrogens with two attached hydrogens (primary N) is 1. The first-order chi connectivity index (χ1) is 12.6. The van der Waals surface area contributed by atoms with Gasteiger partial charge in [0.25, 0.3) is 0 Å². The monoisotopic (exact) mass is 443 g/mol. The minimum atomic E-state index is -0.283. The molecule has 0 aliphatic heterocycles. The van der Waals surface area contributed by atoms with E-state index in [1.54, 1.807) is 11.3 Å². The summed E-state index contributed by atoms with van der Waals surface area (Å²) in [5.74, 6) is 0.393. The predicted molar refractivity (Wildman–Crippen MR) is 122 cm³/mol. The number of carbonyl (C=O) groups excluding carboxylic acids is 1. The molecule has 0 radical (unpaired) electrons. The molecule has 1 aliphatic carbocycles. The number of rotatable bonds is 7. The van der Waals surface area contributed by atoms with Crippen LogP contribution in [0.25, 0.3) is 0 Å². The molecule has 28 heavy (non-hydrogen) atoms. The second kappa shape index (κ2) is 12.4. The summed E-state index contributed by atoms with van der Waals surface area (Å²) in [6.07, 6.45) is 7.35. The quantitative estimate of drug-likeness (QED) is 0.630. The highest BCUT2D eigenvalue weighted by atomic mass is 35.5. The van der Waals surface area contributed by atoms with Crippen LogP contribution >= 0.6 is 36.2 Å². The lowest BCUT2D eigenvalue weighted by Gasteiger charge is -2.20. The third-order valence-electron chi connectivity index (χ3n) is 5.37. The van der Waals surface area contributed by atoms with Crippen LogP contribution in [0.15, 0.2) is 35.7 Å². The molecule has 1 fully saturated rings. The van der Waals surface area contributed by atoms with Gasteiger partial charge >= 0.3 is 0 Å². The maximum absolute atomic E-state index is 12.4. The average molecular weight is 444 g/mol. The van der Waals surface area contributed by atoms with Crippen LogP contribution in [0.2, 0.25) is 0 Å². The van der Waals surface area contributed by atoms with E-state index in [-0.39, 0.29) is 42.7 Å². The van der Waals surface area contributed by atoms with Crippen molar-refractivity contribution >= 4 is 42.1 Å². The molecule has 3 rings (SSSR count). The lowest BCUT2D eigenvalue weighted by atomic mass is 9.87. The summed E-state index contributed by atoms with van der Waals surface area (Å²) < 4.78 is 0. The Hall–Kier alpha value is -1.14. The van der Waals surface area contributed by atoms with Gasteiger partial charge in [-0.2, -0.15) is 0 Å². The molecule has 1 aromatic carbocycles.